The van der Waals surface area contributed by atoms with Crippen molar-refractivity contribution >= 4 is 51.7 Å². The van der Waals surface area contributed by atoms with E-state index < -0.39 is 11.8 Å². The lowest BCUT2D eigenvalue weighted by Crippen LogP contribution is -2.11. The third-order valence-corrected chi connectivity index (χ3v) is 5.63. The largest absolute Gasteiger partial charge is 0.497 e. The first-order valence-corrected chi connectivity index (χ1v) is 10.2. The number of esters is 1. The second-order valence-corrected chi connectivity index (χ2v) is 7.75. The highest BCUT2D eigenvalue weighted by Gasteiger charge is 2.22. The first-order chi connectivity index (χ1) is 14.9. The van der Waals surface area contributed by atoms with Gasteiger partial charge in [-0.15, -0.1) is 5.10 Å². The van der Waals surface area contributed by atoms with Gasteiger partial charge in [-0.2, -0.15) is 0 Å². The summed E-state index contributed by atoms with van der Waals surface area (Å²) >= 11 is 18.4. The molecule has 31 heavy (non-hydrogen) atoms. The predicted octanol–water partition coefficient (Wildman–Crippen LogP) is 6.41. The van der Waals surface area contributed by atoms with Crippen LogP contribution in [0.3, 0.4) is 0 Å². The van der Waals surface area contributed by atoms with Crippen molar-refractivity contribution in [1.82, 2.24) is 9.78 Å². The summed E-state index contributed by atoms with van der Waals surface area (Å²) in [5, 5.41) is 5.43. The molecule has 0 amide bonds. The van der Waals surface area contributed by atoms with Gasteiger partial charge in [0, 0.05) is 10.6 Å². The van der Waals surface area contributed by atoms with Crippen molar-refractivity contribution in [3.8, 4) is 11.6 Å². The first kappa shape index (κ1) is 21.4. The Labute approximate surface area is 191 Å². The summed E-state index contributed by atoms with van der Waals surface area (Å²) in [6.45, 7) is 0.0265. The summed E-state index contributed by atoms with van der Waals surface area (Å²) in [4.78, 5) is 12.8. The molecule has 0 radical (unpaired) electrons. The molecule has 4 rings (SSSR count). The van der Waals surface area contributed by atoms with Gasteiger partial charge in [0.15, 0.2) is 0 Å². The minimum absolute atomic E-state index is 0.00217. The number of fused-ring (bicyclic) bond motifs is 1. The number of hydrogen-bond acceptors (Lipinski definition) is 4. The highest BCUT2D eigenvalue weighted by Crippen LogP contribution is 2.32. The molecule has 4 aromatic rings. The van der Waals surface area contributed by atoms with Crippen molar-refractivity contribution in [2.45, 2.75) is 6.54 Å². The predicted molar refractivity (Wildman–Crippen MR) is 118 cm³/mol. The molecule has 0 bridgehead atoms. The highest BCUT2D eigenvalue weighted by molar-refractivity contribution is 6.39. The molecule has 1 aromatic heterocycles. The number of benzene rings is 3. The van der Waals surface area contributed by atoms with Gasteiger partial charge >= 0.3 is 5.97 Å². The van der Waals surface area contributed by atoms with Gasteiger partial charge in [0.2, 0.25) is 5.88 Å². The third kappa shape index (κ3) is 4.19. The van der Waals surface area contributed by atoms with Gasteiger partial charge in [0.1, 0.15) is 11.6 Å². The van der Waals surface area contributed by atoms with E-state index in [1.807, 2.05) is 0 Å². The van der Waals surface area contributed by atoms with E-state index in [2.05, 4.69) is 5.10 Å². The van der Waals surface area contributed by atoms with Crippen LogP contribution in [0.2, 0.25) is 15.1 Å². The van der Waals surface area contributed by atoms with Crippen molar-refractivity contribution in [1.29, 1.82) is 0 Å². The van der Waals surface area contributed by atoms with Gasteiger partial charge in [-0.25, -0.2) is 9.18 Å². The molecule has 0 saturated heterocycles. The zero-order valence-corrected chi connectivity index (χ0v) is 18.3. The summed E-state index contributed by atoms with van der Waals surface area (Å²) < 4.78 is 26.6. The Morgan fingerprint density at radius 3 is 2.39 bits per heavy atom. The SMILES string of the molecule is COc1ccc2c(c1)c(OC(=O)c1c(Cl)cccc1Cl)nn2Cc1c(F)cccc1Cl. The number of nitrogens with zero attached hydrogens (tertiary/aromatic N) is 2. The van der Waals surface area contributed by atoms with E-state index in [0.29, 0.717) is 16.7 Å². The smallest absolute Gasteiger partial charge is 0.347 e. The van der Waals surface area contributed by atoms with Crippen LogP contribution in [0.25, 0.3) is 10.9 Å². The second kappa shape index (κ2) is 8.75. The van der Waals surface area contributed by atoms with Crippen LogP contribution in [0, 0.1) is 5.82 Å². The van der Waals surface area contributed by atoms with Crippen LogP contribution in [0.15, 0.2) is 54.6 Å². The van der Waals surface area contributed by atoms with Crippen molar-refractivity contribution in [2.24, 2.45) is 0 Å². The molecule has 0 fully saturated rings. The Morgan fingerprint density at radius 2 is 1.71 bits per heavy atom. The molecule has 3 aromatic carbocycles. The van der Waals surface area contributed by atoms with E-state index >= 15 is 0 Å². The number of ether oxygens (including phenoxy) is 2. The fraction of sp³-hybridized carbons (Fsp3) is 0.0909. The number of rotatable bonds is 5. The van der Waals surface area contributed by atoms with Crippen LogP contribution < -0.4 is 9.47 Å². The van der Waals surface area contributed by atoms with E-state index in [-0.39, 0.29) is 38.6 Å². The Kier molecular flexibility index (Phi) is 6.05. The lowest BCUT2D eigenvalue weighted by Gasteiger charge is -2.07. The number of aromatic nitrogens is 2. The first-order valence-electron chi connectivity index (χ1n) is 9.02. The quantitative estimate of drug-likeness (QED) is 0.310. The third-order valence-electron chi connectivity index (χ3n) is 4.65. The molecule has 9 heteroatoms. The van der Waals surface area contributed by atoms with E-state index in [0.717, 1.165) is 0 Å². The molecule has 0 atom stereocenters. The van der Waals surface area contributed by atoms with Crippen molar-refractivity contribution in [3.05, 3.63) is 86.6 Å². The summed E-state index contributed by atoms with van der Waals surface area (Å²) in [5.74, 6) is -0.702. The van der Waals surface area contributed by atoms with Gasteiger partial charge in [0.25, 0.3) is 0 Å². The normalized spacial score (nSPS) is 11.0. The van der Waals surface area contributed by atoms with Crippen molar-refractivity contribution in [3.63, 3.8) is 0 Å². The fourth-order valence-corrected chi connectivity index (χ4v) is 3.89. The van der Waals surface area contributed by atoms with Crippen LogP contribution in [0.5, 0.6) is 11.6 Å². The molecular formula is C22H14Cl3FN2O3. The lowest BCUT2D eigenvalue weighted by atomic mass is 10.2. The van der Waals surface area contributed by atoms with Crippen LogP contribution in [-0.2, 0) is 6.54 Å². The van der Waals surface area contributed by atoms with E-state index in [1.54, 1.807) is 30.3 Å². The topological polar surface area (TPSA) is 53.4 Å². The van der Waals surface area contributed by atoms with Gasteiger partial charge < -0.3 is 9.47 Å². The summed E-state index contributed by atoms with van der Waals surface area (Å²) in [6.07, 6.45) is 0. The summed E-state index contributed by atoms with van der Waals surface area (Å²) in [7, 11) is 1.51. The maximum atomic E-state index is 14.3. The average Bonchev–Trinajstić information content (AvgIpc) is 3.07. The Hall–Kier alpha value is -2.80. The van der Waals surface area contributed by atoms with Crippen LogP contribution in [-0.4, -0.2) is 22.9 Å². The summed E-state index contributed by atoms with van der Waals surface area (Å²) in [6, 6.07) is 14.2. The van der Waals surface area contributed by atoms with Crippen LogP contribution >= 0.6 is 34.8 Å². The molecule has 0 aliphatic carbocycles. The zero-order valence-electron chi connectivity index (χ0n) is 16.0. The van der Waals surface area contributed by atoms with Crippen molar-refractivity contribution in [2.75, 3.05) is 7.11 Å². The van der Waals surface area contributed by atoms with Gasteiger partial charge in [-0.05, 0) is 42.5 Å². The molecular weight excluding hydrogens is 466 g/mol. The minimum atomic E-state index is -0.770. The maximum absolute atomic E-state index is 14.3. The standard InChI is InChI=1S/C22H14Cl3FN2O3/c1-30-12-8-9-19-13(10-12)21(31-22(29)20-16(24)5-2-6-17(20)25)27-28(19)11-14-15(23)4-3-7-18(14)26/h2-10H,11H2,1H3. The minimum Gasteiger partial charge on any atom is -0.497 e. The monoisotopic (exact) mass is 478 g/mol. The number of methoxy groups -OCH3 is 1. The van der Waals surface area contributed by atoms with Crippen molar-refractivity contribution < 1.29 is 18.7 Å². The van der Waals surface area contributed by atoms with Gasteiger partial charge in [0.05, 0.1) is 40.2 Å². The van der Waals surface area contributed by atoms with E-state index in [9.17, 15) is 9.18 Å². The lowest BCUT2D eigenvalue weighted by molar-refractivity contribution is 0.0729. The Morgan fingerprint density at radius 1 is 1.03 bits per heavy atom. The molecule has 0 unspecified atom stereocenters. The molecule has 0 aliphatic rings. The molecule has 0 N–H and O–H groups in total. The molecule has 0 saturated carbocycles. The Balaban J connectivity index is 1.79. The highest BCUT2D eigenvalue weighted by atomic mass is 35.5. The number of hydrogen-bond donors (Lipinski definition) is 0. The average molecular weight is 480 g/mol. The van der Waals surface area contributed by atoms with E-state index in [4.69, 9.17) is 44.3 Å². The van der Waals surface area contributed by atoms with Gasteiger partial charge in [-0.3, -0.25) is 4.68 Å². The zero-order chi connectivity index (χ0) is 22.1. The van der Waals surface area contributed by atoms with Crippen LogP contribution in [0.1, 0.15) is 15.9 Å². The molecule has 0 aliphatic heterocycles. The number of carbonyl (C=O) groups is 1. The molecule has 5 nitrogen and oxygen atoms in total. The maximum Gasteiger partial charge on any atom is 0.347 e. The second-order valence-electron chi connectivity index (χ2n) is 6.53. The number of carbonyl (C=O) groups excluding carboxylic acids is 1. The Bertz CT molecular complexity index is 1270. The van der Waals surface area contributed by atoms with Crippen LogP contribution in [0.4, 0.5) is 4.39 Å². The molecule has 158 valence electrons. The van der Waals surface area contributed by atoms with E-state index in [1.165, 1.54) is 36.1 Å². The summed E-state index contributed by atoms with van der Waals surface area (Å²) in [5.41, 5.74) is 0.873. The van der Waals surface area contributed by atoms with Gasteiger partial charge in [-0.1, -0.05) is 46.9 Å². The molecule has 1 heterocycles. The fourth-order valence-electron chi connectivity index (χ4n) is 3.12. The number of halogens is 4. The molecule has 0 spiro atoms.